The summed E-state index contributed by atoms with van der Waals surface area (Å²) >= 11 is 0. The topological polar surface area (TPSA) is 26.0 Å². The molecule has 0 amide bonds. The van der Waals surface area contributed by atoms with Crippen LogP contribution >= 0.6 is 12.4 Å². The lowest BCUT2D eigenvalue weighted by atomic mass is 9.88. The van der Waals surface area contributed by atoms with E-state index in [-0.39, 0.29) is 17.9 Å². The van der Waals surface area contributed by atoms with Gasteiger partial charge in [-0.3, -0.25) is 0 Å². The molecule has 17 heavy (non-hydrogen) atoms. The van der Waals surface area contributed by atoms with Gasteiger partial charge in [-0.05, 0) is 19.3 Å². The average Bonchev–Trinajstić information content (AvgIpc) is 2.32. The third-order valence-electron chi connectivity index (χ3n) is 3.94. The van der Waals surface area contributed by atoms with Crippen molar-refractivity contribution in [3.8, 4) is 0 Å². The largest absolute Gasteiger partial charge is 0.325 e. The van der Waals surface area contributed by atoms with Crippen LogP contribution in [0.4, 0.5) is 0 Å². The maximum Gasteiger partial charge on any atom is 0.0149 e. The smallest absolute Gasteiger partial charge is 0.0149 e. The summed E-state index contributed by atoms with van der Waals surface area (Å²) in [7, 11) is 0. The highest BCUT2D eigenvalue weighted by atomic mass is 35.5. The third-order valence-corrected chi connectivity index (χ3v) is 3.94. The molecule has 0 aliphatic carbocycles. The molecule has 0 aliphatic rings. The van der Waals surface area contributed by atoms with Crippen LogP contribution in [-0.2, 0) is 0 Å². The van der Waals surface area contributed by atoms with Gasteiger partial charge in [-0.1, -0.05) is 72.1 Å². The fourth-order valence-corrected chi connectivity index (χ4v) is 2.21. The van der Waals surface area contributed by atoms with Crippen molar-refractivity contribution in [1.82, 2.24) is 0 Å². The zero-order valence-electron chi connectivity index (χ0n) is 12.3. The Balaban J connectivity index is 0. The minimum absolute atomic E-state index is 0. The van der Waals surface area contributed by atoms with E-state index in [9.17, 15) is 0 Å². The highest BCUT2D eigenvalue weighted by molar-refractivity contribution is 5.85. The van der Waals surface area contributed by atoms with Crippen LogP contribution in [0.2, 0.25) is 0 Å². The Hall–Kier alpha value is 0.250. The summed E-state index contributed by atoms with van der Waals surface area (Å²) in [5.41, 5.74) is 6.40. The molecule has 0 heterocycles. The molecule has 0 saturated carbocycles. The number of halogens is 1. The minimum atomic E-state index is 0. The van der Waals surface area contributed by atoms with Crippen molar-refractivity contribution in [3.05, 3.63) is 0 Å². The van der Waals surface area contributed by atoms with Gasteiger partial charge in [0.1, 0.15) is 0 Å². The summed E-state index contributed by atoms with van der Waals surface area (Å²) in [4.78, 5) is 0. The van der Waals surface area contributed by atoms with Crippen molar-refractivity contribution in [2.75, 3.05) is 0 Å². The van der Waals surface area contributed by atoms with Gasteiger partial charge < -0.3 is 5.73 Å². The molecule has 0 aromatic rings. The molecule has 0 spiro atoms. The first kappa shape index (κ1) is 19.6. The minimum Gasteiger partial charge on any atom is -0.325 e. The van der Waals surface area contributed by atoms with Crippen LogP contribution < -0.4 is 5.73 Å². The predicted octanol–water partition coefficient (Wildman–Crippen LogP) is 5.46. The van der Waals surface area contributed by atoms with Crippen molar-refractivity contribution in [2.45, 2.75) is 96.9 Å². The van der Waals surface area contributed by atoms with E-state index in [2.05, 4.69) is 20.8 Å². The molecular weight excluding hydrogens is 230 g/mol. The molecule has 0 aromatic heterocycles. The van der Waals surface area contributed by atoms with Crippen LogP contribution in [0.5, 0.6) is 0 Å². The van der Waals surface area contributed by atoms with Crippen LogP contribution in [0.25, 0.3) is 0 Å². The summed E-state index contributed by atoms with van der Waals surface area (Å²) in [5.74, 6) is 0. The number of rotatable bonds is 11. The number of hydrogen-bond donors (Lipinski definition) is 1. The van der Waals surface area contributed by atoms with E-state index in [0.29, 0.717) is 0 Å². The second-order valence-electron chi connectivity index (χ2n) is 5.29. The summed E-state index contributed by atoms with van der Waals surface area (Å²) in [5, 5.41) is 0. The van der Waals surface area contributed by atoms with Crippen LogP contribution in [0, 0.1) is 0 Å². The standard InChI is InChI=1S/C15H33N.ClH/c1-4-7-8-9-10-11-12-13-14-15(16,5-2)6-3;/h4-14,16H2,1-3H3;1H. The first-order valence-corrected chi connectivity index (χ1v) is 7.47. The molecule has 0 aliphatic heterocycles. The summed E-state index contributed by atoms with van der Waals surface area (Å²) in [6.45, 7) is 6.71. The molecule has 1 nitrogen and oxygen atoms in total. The van der Waals surface area contributed by atoms with Gasteiger partial charge in [-0.25, -0.2) is 0 Å². The van der Waals surface area contributed by atoms with E-state index in [1.807, 2.05) is 0 Å². The van der Waals surface area contributed by atoms with E-state index in [1.165, 1.54) is 57.8 Å². The first-order valence-electron chi connectivity index (χ1n) is 7.47. The van der Waals surface area contributed by atoms with Gasteiger partial charge in [0.25, 0.3) is 0 Å². The molecule has 2 N–H and O–H groups in total. The van der Waals surface area contributed by atoms with Crippen LogP contribution in [0.3, 0.4) is 0 Å². The number of hydrogen-bond acceptors (Lipinski definition) is 1. The Morgan fingerprint density at radius 3 is 1.53 bits per heavy atom. The van der Waals surface area contributed by atoms with Gasteiger partial charge >= 0.3 is 0 Å². The normalized spacial score (nSPS) is 11.3. The highest BCUT2D eigenvalue weighted by Gasteiger charge is 2.18. The molecule has 0 radical (unpaired) electrons. The maximum absolute atomic E-state index is 6.28. The molecule has 0 saturated heterocycles. The third kappa shape index (κ3) is 11.1. The van der Waals surface area contributed by atoms with Crippen LogP contribution in [-0.4, -0.2) is 5.54 Å². The Morgan fingerprint density at radius 1 is 0.706 bits per heavy atom. The Labute approximate surface area is 115 Å². The van der Waals surface area contributed by atoms with E-state index in [4.69, 9.17) is 5.73 Å². The Morgan fingerprint density at radius 2 is 1.12 bits per heavy atom. The van der Waals surface area contributed by atoms with Crippen molar-refractivity contribution in [2.24, 2.45) is 5.73 Å². The quantitative estimate of drug-likeness (QED) is 0.493. The first-order chi connectivity index (χ1) is 7.68. The van der Waals surface area contributed by atoms with E-state index >= 15 is 0 Å². The second kappa shape index (κ2) is 12.7. The molecule has 0 unspecified atom stereocenters. The average molecular weight is 264 g/mol. The van der Waals surface area contributed by atoms with Gasteiger partial charge in [0.05, 0.1) is 0 Å². The lowest BCUT2D eigenvalue weighted by molar-refractivity contribution is 0.350. The molecule has 0 rings (SSSR count). The van der Waals surface area contributed by atoms with E-state index < -0.39 is 0 Å². The number of nitrogens with two attached hydrogens (primary N) is 1. The van der Waals surface area contributed by atoms with Crippen molar-refractivity contribution in [1.29, 1.82) is 0 Å². The van der Waals surface area contributed by atoms with Gasteiger partial charge in [0, 0.05) is 5.54 Å². The summed E-state index contributed by atoms with van der Waals surface area (Å²) < 4.78 is 0. The van der Waals surface area contributed by atoms with Crippen LogP contribution in [0.1, 0.15) is 91.4 Å². The molecule has 2 heteroatoms. The van der Waals surface area contributed by atoms with Crippen molar-refractivity contribution in [3.63, 3.8) is 0 Å². The fourth-order valence-electron chi connectivity index (χ4n) is 2.21. The van der Waals surface area contributed by atoms with Gasteiger partial charge in [-0.15, -0.1) is 12.4 Å². The molecular formula is C15H34ClN. The van der Waals surface area contributed by atoms with E-state index in [1.54, 1.807) is 0 Å². The molecule has 0 bridgehead atoms. The van der Waals surface area contributed by atoms with Gasteiger partial charge in [0.2, 0.25) is 0 Å². The predicted molar refractivity (Wildman–Crippen MR) is 82.0 cm³/mol. The highest BCUT2D eigenvalue weighted by Crippen LogP contribution is 2.20. The van der Waals surface area contributed by atoms with Crippen molar-refractivity contribution < 1.29 is 0 Å². The molecule has 0 atom stereocenters. The Kier molecular flexibility index (Phi) is 14.6. The lowest BCUT2D eigenvalue weighted by Gasteiger charge is -2.26. The van der Waals surface area contributed by atoms with Crippen molar-refractivity contribution >= 4 is 12.4 Å². The Bertz CT molecular complexity index is 144. The lowest BCUT2D eigenvalue weighted by Crippen LogP contribution is -2.38. The fraction of sp³-hybridized carbons (Fsp3) is 1.00. The molecule has 0 fully saturated rings. The zero-order chi connectivity index (χ0) is 12.3. The molecule has 106 valence electrons. The maximum atomic E-state index is 6.28. The van der Waals surface area contributed by atoms with Gasteiger partial charge in [0.15, 0.2) is 0 Å². The van der Waals surface area contributed by atoms with Crippen LogP contribution in [0.15, 0.2) is 0 Å². The van der Waals surface area contributed by atoms with E-state index in [0.717, 1.165) is 12.8 Å². The monoisotopic (exact) mass is 263 g/mol. The molecule has 0 aromatic carbocycles. The zero-order valence-corrected chi connectivity index (χ0v) is 13.1. The van der Waals surface area contributed by atoms with Gasteiger partial charge in [-0.2, -0.15) is 0 Å². The summed E-state index contributed by atoms with van der Waals surface area (Å²) in [6, 6.07) is 0. The number of unbranched alkanes of at least 4 members (excludes halogenated alkanes) is 7. The second-order valence-corrected chi connectivity index (χ2v) is 5.29. The SMILES string of the molecule is CCCCCCCCCCC(N)(CC)CC.Cl. The summed E-state index contributed by atoms with van der Waals surface area (Å²) in [6.07, 6.45) is 14.6.